The maximum Gasteiger partial charge on any atom is 0.318 e. The van der Waals surface area contributed by atoms with Crippen LogP contribution in [0, 0.1) is 0 Å². The van der Waals surface area contributed by atoms with Gasteiger partial charge in [-0.05, 0) is 75.3 Å². The minimum absolute atomic E-state index is 0.250. The van der Waals surface area contributed by atoms with E-state index < -0.39 is 0 Å². The summed E-state index contributed by atoms with van der Waals surface area (Å²) in [7, 11) is 1.98. The predicted octanol–water partition coefficient (Wildman–Crippen LogP) is 3.70. The van der Waals surface area contributed by atoms with Crippen LogP contribution in [-0.4, -0.2) is 59.2 Å². The Morgan fingerprint density at radius 2 is 1.90 bits per heavy atom. The summed E-state index contributed by atoms with van der Waals surface area (Å²) in [6.07, 6.45) is 6.65. The number of anilines is 2. The molecule has 1 fully saturated rings. The quantitative estimate of drug-likeness (QED) is 0.594. The molecule has 1 aliphatic rings. The number of hydrogen-bond donors (Lipinski definition) is 1. The first-order valence-corrected chi connectivity index (χ1v) is 10.8. The molecule has 8 heteroatoms. The Balaban J connectivity index is 1.30. The number of piperidine rings is 1. The third kappa shape index (κ3) is 5.67. The molecule has 2 aromatic heterocycles. The van der Waals surface area contributed by atoms with Crippen molar-refractivity contribution in [1.82, 2.24) is 20.1 Å². The number of nitrogens with zero attached hydrogens (tertiary/aromatic N) is 5. The van der Waals surface area contributed by atoms with Crippen molar-refractivity contribution in [3.8, 4) is 11.5 Å². The third-order valence-corrected chi connectivity index (χ3v) is 5.44. The first-order chi connectivity index (χ1) is 15.2. The van der Waals surface area contributed by atoms with Gasteiger partial charge >= 0.3 is 6.01 Å². The Bertz CT molecular complexity index is 967. The first-order valence-electron chi connectivity index (χ1n) is 10.8. The van der Waals surface area contributed by atoms with E-state index >= 15 is 0 Å². The summed E-state index contributed by atoms with van der Waals surface area (Å²) in [6.45, 7) is 4.41. The van der Waals surface area contributed by atoms with Crippen molar-refractivity contribution in [3.63, 3.8) is 0 Å². The SMILES string of the molecule is CN(CCCN1CCCCC1)c1nnc(-c2ccc(NC(=O)c3ccccn3)cc2)o1. The van der Waals surface area contributed by atoms with Crippen LogP contribution >= 0.6 is 0 Å². The molecule has 3 aromatic rings. The zero-order valence-corrected chi connectivity index (χ0v) is 17.8. The van der Waals surface area contributed by atoms with Crippen LogP contribution in [0.4, 0.5) is 11.7 Å². The van der Waals surface area contributed by atoms with Crippen LogP contribution in [0.5, 0.6) is 0 Å². The van der Waals surface area contributed by atoms with Gasteiger partial charge in [-0.2, -0.15) is 0 Å². The zero-order valence-electron chi connectivity index (χ0n) is 17.8. The molecule has 1 aliphatic heterocycles. The van der Waals surface area contributed by atoms with Gasteiger partial charge in [-0.1, -0.05) is 17.6 Å². The van der Waals surface area contributed by atoms with Gasteiger partial charge in [0.25, 0.3) is 5.91 Å². The van der Waals surface area contributed by atoms with Crippen molar-refractivity contribution in [2.24, 2.45) is 0 Å². The number of hydrogen-bond acceptors (Lipinski definition) is 7. The molecule has 0 saturated carbocycles. The molecule has 1 saturated heterocycles. The van der Waals surface area contributed by atoms with Crippen LogP contribution in [0.1, 0.15) is 36.2 Å². The summed E-state index contributed by atoms with van der Waals surface area (Å²) in [4.78, 5) is 20.8. The molecule has 31 heavy (non-hydrogen) atoms. The molecular formula is C23H28N6O2. The largest absolute Gasteiger partial charge is 0.403 e. The highest BCUT2D eigenvalue weighted by molar-refractivity contribution is 6.02. The van der Waals surface area contributed by atoms with E-state index in [1.807, 2.05) is 36.2 Å². The average molecular weight is 421 g/mol. The van der Waals surface area contributed by atoms with Crippen LogP contribution in [0.15, 0.2) is 53.1 Å². The number of aromatic nitrogens is 3. The van der Waals surface area contributed by atoms with Gasteiger partial charge in [0.05, 0.1) is 0 Å². The van der Waals surface area contributed by atoms with E-state index in [1.165, 1.54) is 32.4 Å². The predicted molar refractivity (Wildman–Crippen MR) is 120 cm³/mol. The molecule has 162 valence electrons. The van der Waals surface area contributed by atoms with Gasteiger partial charge in [0, 0.05) is 31.0 Å². The number of rotatable bonds is 8. The molecule has 0 atom stereocenters. The van der Waals surface area contributed by atoms with Crippen molar-refractivity contribution in [2.75, 3.05) is 43.4 Å². The second-order valence-electron chi connectivity index (χ2n) is 7.81. The van der Waals surface area contributed by atoms with Gasteiger partial charge in [0.2, 0.25) is 5.89 Å². The maximum atomic E-state index is 12.2. The number of nitrogens with one attached hydrogen (secondary N) is 1. The standard InChI is InChI=1S/C23H28N6O2/c1-28(14-7-17-29-15-5-2-6-16-29)23-27-26-22(31-23)18-9-11-19(12-10-18)25-21(30)20-8-3-4-13-24-20/h3-4,8-13H,2,5-7,14-17H2,1H3,(H,25,30). The van der Waals surface area contributed by atoms with Crippen molar-refractivity contribution >= 4 is 17.6 Å². The zero-order chi connectivity index (χ0) is 21.5. The summed E-state index contributed by atoms with van der Waals surface area (Å²) in [6, 6.07) is 13.1. The van der Waals surface area contributed by atoms with E-state index in [-0.39, 0.29) is 5.91 Å². The van der Waals surface area contributed by atoms with Crippen LogP contribution < -0.4 is 10.2 Å². The third-order valence-electron chi connectivity index (χ3n) is 5.44. The molecular weight excluding hydrogens is 392 g/mol. The monoisotopic (exact) mass is 420 g/mol. The normalized spacial score (nSPS) is 14.4. The summed E-state index contributed by atoms with van der Waals surface area (Å²) in [5.74, 6) is 0.208. The van der Waals surface area contributed by atoms with Gasteiger partial charge in [-0.25, -0.2) is 0 Å². The van der Waals surface area contributed by atoms with Crippen LogP contribution in [0.25, 0.3) is 11.5 Å². The molecule has 0 unspecified atom stereocenters. The van der Waals surface area contributed by atoms with Crippen LogP contribution in [0.2, 0.25) is 0 Å². The van der Waals surface area contributed by atoms with E-state index in [9.17, 15) is 4.79 Å². The minimum atomic E-state index is -0.250. The first kappa shape index (κ1) is 21.0. The summed E-state index contributed by atoms with van der Waals surface area (Å²) >= 11 is 0. The van der Waals surface area contributed by atoms with E-state index in [2.05, 4.69) is 25.4 Å². The Morgan fingerprint density at radius 3 is 2.65 bits per heavy atom. The summed E-state index contributed by atoms with van der Waals surface area (Å²) in [5, 5.41) is 11.2. The Labute approximate surface area is 182 Å². The topological polar surface area (TPSA) is 87.4 Å². The second kappa shape index (κ2) is 10.2. The maximum absolute atomic E-state index is 12.2. The van der Waals surface area contributed by atoms with E-state index in [0.717, 1.165) is 25.1 Å². The highest BCUT2D eigenvalue weighted by Gasteiger charge is 2.14. The fraction of sp³-hybridized carbons (Fsp3) is 0.391. The number of likely N-dealkylation sites (tertiary alicyclic amines) is 1. The number of carbonyl (C=O) groups is 1. The Morgan fingerprint density at radius 1 is 1.10 bits per heavy atom. The molecule has 4 rings (SSSR count). The highest BCUT2D eigenvalue weighted by atomic mass is 16.4. The fourth-order valence-electron chi connectivity index (χ4n) is 3.68. The molecule has 1 amide bonds. The summed E-state index contributed by atoms with van der Waals surface area (Å²) < 4.78 is 5.86. The van der Waals surface area contributed by atoms with Gasteiger partial charge in [0.15, 0.2) is 0 Å². The Kier molecular flexibility index (Phi) is 6.89. The molecule has 0 bridgehead atoms. The number of amides is 1. The van der Waals surface area contributed by atoms with E-state index in [1.54, 1.807) is 24.4 Å². The van der Waals surface area contributed by atoms with Crippen molar-refractivity contribution < 1.29 is 9.21 Å². The molecule has 0 aliphatic carbocycles. The highest BCUT2D eigenvalue weighted by Crippen LogP contribution is 2.23. The summed E-state index contributed by atoms with van der Waals surface area (Å²) in [5.41, 5.74) is 1.85. The molecule has 3 heterocycles. The average Bonchev–Trinajstić information content (AvgIpc) is 3.31. The van der Waals surface area contributed by atoms with Crippen molar-refractivity contribution in [2.45, 2.75) is 25.7 Å². The van der Waals surface area contributed by atoms with Crippen LogP contribution in [-0.2, 0) is 0 Å². The second-order valence-corrected chi connectivity index (χ2v) is 7.81. The number of pyridine rings is 1. The van der Waals surface area contributed by atoms with Gasteiger partial charge in [-0.3, -0.25) is 9.78 Å². The smallest absolute Gasteiger partial charge is 0.318 e. The minimum Gasteiger partial charge on any atom is -0.403 e. The van der Waals surface area contributed by atoms with Gasteiger partial charge in [-0.15, -0.1) is 5.10 Å². The van der Waals surface area contributed by atoms with E-state index in [0.29, 0.717) is 23.3 Å². The fourth-order valence-corrected chi connectivity index (χ4v) is 3.68. The number of carbonyl (C=O) groups excluding carboxylic acids is 1. The number of benzene rings is 1. The van der Waals surface area contributed by atoms with Gasteiger partial charge < -0.3 is 19.5 Å². The lowest BCUT2D eigenvalue weighted by atomic mass is 10.1. The lowest BCUT2D eigenvalue weighted by molar-refractivity contribution is 0.102. The molecule has 0 radical (unpaired) electrons. The molecule has 1 aromatic carbocycles. The molecule has 1 N–H and O–H groups in total. The lowest BCUT2D eigenvalue weighted by Gasteiger charge is -2.27. The Hall–Kier alpha value is -3.26. The van der Waals surface area contributed by atoms with Crippen LogP contribution in [0.3, 0.4) is 0 Å². The van der Waals surface area contributed by atoms with Crippen molar-refractivity contribution in [3.05, 3.63) is 54.4 Å². The molecule has 8 nitrogen and oxygen atoms in total. The van der Waals surface area contributed by atoms with Crippen molar-refractivity contribution in [1.29, 1.82) is 0 Å². The van der Waals surface area contributed by atoms with E-state index in [4.69, 9.17) is 4.42 Å². The lowest BCUT2D eigenvalue weighted by Crippen LogP contribution is -2.32. The van der Waals surface area contributed by atoms with Gasteiger partial charge in [0.1, 0.15) is 5.69 Å². The molecule has 0 spiro atoms.